The van der Waals surface area contributed by atoms with Crippen molar-refractivity contribution >= 4 is 5.91 Å². The van der Waals surface area contributed by atoms with Crippen LogP contribution >= 0.6 is 0 Å². The molecular weight excluding hydrogens is 402 g/mol. The number of carbonyl (C=O) groups excluding carboxylic acids is 1. The average Bonchev–Trinajstić information content (AvgIpc) is 3.49. The van der Waals surface area contributed by atoms with E-state index < -0.39 is 35.0 Å². The molecule has 0 aromatic heterocycles. The van der Waals surface area contributed by atoms with E-state index in [1.54, 1.807) is 0 Å². The molecule has 1 aromatic carbocycles. The molecular formula is C19H20F6N2O2. The fourth-order valence-corrected chi connectivity index (χ4v) is 4.26. The van der Waals surface area contributed by atoms with E-state index in [1.165, 1.54) is 4.90 Å². The van der Waals surface area contributed by atoms with Crippen LogP contribution in [0.5, 0.6) is 0 Å². The lowest BCUT2D eigenvalue weighted by molar-refractivity contribution is -0.143. The molecule has 0 N–H and O–H groups in total. The van der Waals surface area contributed by atoms with Crippen molar-refractivity contribution in [1.29, 1.82) is 0 Å². The van der Waals surface area contributed by atoms with Crippen molar-refractivity contribution in [2.75, 3.05) is 32.8 Å². The Labute approximate surface area is 163 Å². The van der Waals surface area contributed by atoms with Gasteiger partial charge in [-0.1, -0.05) is 0 Å². The molecule has 4 rings (SSSR count). The van der Waals surface area contributed by atoms with Crippen molar-refractivity contribution in [3.8, 4) is 0 Å². The van der Waals surface area contributed by atoms with Crippen LogP contribution in [0.15, 0.2) is 18.2 Å². The van der Waals surface area contributed by atoms with Crippen molar-refractivity contribution in [2.45, 2.75) is 37.3 Å². The molecule has 2 atom stereocenters. The fraction of sp³-hybridized carbons (Fsp3) is 0.632. The molecule has 2 aliphatic heterocycles. The van der Waals surface area contributed by atoms with Crippen molar-refractivity contribution in [3.63, 3.8) is 0 Å². The number of rotatable bonds is 2. The van der Waals surface area contributed by atoms with Gasteiger partial charge in [0, 0.05) is 25.7 Å². The number of hydrogen-bond acceptors (Lipinski definition) is 3. The monoisotopic (exact) mass is 422 g/mol. The van der Waals surface area contributed by atoms with Crippen molar-refractivity contribution in [2.24, 2.45) is 5.92 Å². The summed E-state index contributed by atoms with van der Waals surface area (Å²) in [5, 5.41) is 0. The Balaban J connectivity index is 1.56. The third-order valence-electron chi connectivity index (χ3n) is 5.89. The molecule has 2 saturated heterocycles. The van der Waals surface area contributed by atoms with Crippen LogP contribution < -0.4 is 0 Å². The number of amides is 1. The highest BCUT2D eigenvalue weighted by atomic mass is 19.4. The Hall–Kier alpha value is -1.81. The number of fused-ring (bicyclic) bond motifs is 1. The topological polar surface area (TPSA) is 32.8 Å². The summed E-state index contributed by atoms with van der Waals surface area (Å²) in [6.07, 6.45) is -7.75. The Kier molecular flexibility index (Phi) is 5.05. The van der Waals surface area contributed by atoms with E-state index in [9.17, 15) is 31.1 Å². The number of piperazine rings is 1. The first-order chi connectivity index (χ1) is 13.6. The molecule has 1 saturated carbocycles. The number of ether oxygens (including phenoxy) is 1. The third-order valence-corrected chi connectivity index (χ3v) is 5.89. The quantitative estimate of drug-likeness (QED) is 0.682. The molecule has 0 bridgehead atoms. The molecule has 160 valence electrons. The zero-order valence-electron chi connectivity index (χ0n) is 15.4. The zero-order chi connectivity index (χ0) is 21.0. The zero-order valence-corrected chi connectivity index (χ0v) is 15.4. The molecule has 29 heavy (non-hydrogen) atoms. The molecule has 3 aliphatic rings. The second-order valence-corrected chi connectivity index (χ2v) is 7.84. The maximum Gasteiger partial charge on any atom is 0.417 e. The van der Waals surface area contributed by atoms with Gasteiger partial charge in [-0.3, -0.25) is 9.69 Å². The Morgan fingerprint density at radius 1 is 1.00 bits per heavy atom. The Morgan fingerprint density at radius 2 is 1.72 bits per heavy atom. The molecule has 10 heteroatoms. The van der Waals surface area contributed by atoms with E-state index >= 15 is 0 Å². The summed E-state index contributed by atoms with van der Waals surface area (Å²) >= 11 is 0. The molecule has 1 amide bonds. The van der Waals surface area contributed by atoms with Crippen LogP contribution in [0.1, 0.15) is 34.3 Å². The average molecular weight is 422 g/mol. The van der Waals surface area contributed by atoms with Crippen LogP contribution in [0, 0.1) is 5.92 Å². The standard InChI is InChI=1S/C19H20F6N2O2/c20-18(21,22)12-3-4-14(15(7-12)19(23,24)25)17(28)26-5-6-27-13(8-26)9-29-10-16(27)11-1-2-11/h3-4,7,11,13,16H,1-2,5-6,8-10H2/t13-,16-/m1/s1. The smallest absolute Gasteiger partial charge is 0.378 e. The van der Waals surface area contributed by atoms with Gasteiger partial charge in [-0.05, 0) is 37.0 Å². The van der Waals surface area contributed by atoms with E-state index in [-0.39, 0.29) is 31.2 Å². The van der Waals surface area contributed by atoms with Gasteiger partial charge in [0.25, 0.3) is 5.91 Å². The summed E-state index contributed by atoms with van der Waals surface area (Å²) in [6, 6.07) is 1.31. The Bertz CT molecular complexity index is 790. The minimum absolute atomic E-state index is 0.0102. The van der Waals surface area contributed by atoms with Crippen LogP contribution in [-0.2, 0) is 17.1 Å². The van der Waals surface area contributed by atoms with Crippen LogP contribution in [0.25, 0.3) is 0 Å². The van der Waals surface area contributed by atoms with Crippen LogP contribution in [0.3, 0.4) is 0 Å². The predicted molar refractivity (Wildman–Crippen MR) is 90.2 cm³/mol. The van der Waals surface area contributed by atoms with Crippen molar-refractivity contribution in [3.05, 3.63) is 34.9 Å². The molecule has 1 aliphatic carbocycles. The highest BCUT2D eigenvalue weighted by Gasteiger charge is 2.45. The number of carbonyl (C=O) groups is 1. The summed E-state index contributed by atoms with van der Waals surface area (Å²) in [5.41, 5.74) is -3.75. The number of alkyl halides is 6. The second-order valence-electron chi connectivity index (χ2n) is 7.84. The number of hydrogen-bond donors (Lipinski definition) is 0. The molecule has 3 fully saturated rings. The van der Waals surface area contributed by atoms with Gasteiger partial charge in [0.1, 0.15) is 0 Å². The molecule has 2 heterocycles. The van der Waals surface area contributed by atoms with Crippen molar-refractivity contribution < 1.29 is 35.9 Å². The maximum atomic E-state index is 13.4. The minimum Gasteiger partial charge on any atom is -0.378 e. The summed E-state index contributed by atoms with van der Waals surface area (Å²) < 4.78 is 84.4. The lowest BCUT2D eigenvalue weighted by Crippen LogP contribution is -2.63. The highest BCUT2D eigenvalue weighted by Crippen LogP contribution is 2.40. The van der Waals surface area contributed by atoms with Gasteiger partial charge in [0.15, 0.2) is 0 Å². The maximum absolute atomic E-state index is 13.4. The van der Waals surface area contributed by atoms with Crippen molar-refractivity contribution in [1.82, 2.24) is 9.80 Å². The van der Waals surface area contributed by atoms with Crippen LogP contribution in [0.2, 0.25) is 0 Å². The van der Waals surface area contributed by atoms with Gasteiger partial charge < -0.3 is 9.64 Å². The van der Waals surface area contributed by atoms with E-state index in [4.69, 9.17) is 4.74 Å². The molecule has 4 nitrogen and oxygen atoms in total. The van der Waals surface area contributed by atoms with Crippen LogP contribution in [0.4, 0.5) is 26.3 Å². The number of nitrogens with zero attached hydrogens (tertiary/aromatic N) is 2. The predicted octanol–water partition coefficient (Wildman–Crippen LogP) is 3.66. The molecule has 0 spiro atoms. The summed E-state index contributed by atoms with van der Waals surface area (Å²) in [4.78, 5) is 16.4. The lowest BCUT2D eigenvalue weighted by Gasteiger charge is -2.48. The van der Waals surface area contributed by atoms with Gasteiger partial charge >= 0.3 is 12.4 Å². The van der Waals surface area contributed by atoms with E-state index in [1.807, 2.05) is 0 Å². The van der Waals surface area contributed by atoms with E-state index in [2.05, 4.69) is 4.90 Å². The molecule has 0 unspecified atom stereocenters. The van der Waals surface area contributed by atoms with Crippen LogP contribution in [-0.4, -0.2) is 60.6 Å². The van der Waals surface area contributed by atoms with E-state index in [0.29, 0.717) is 37.8 Å². The molecule has 0 radical (unpaired) electrons. The normalized spacial score (nSPS) is 26.3. The second kappa shape index (κ2) is 7.16. The summed E-state index contributed by atoms with van der Waals surface area (Å²) in [5.74, 6) is -0.342. The first-order valence-corrected chi connectivity index (χ1v) is 9.47. The Morgan fingerprint density at radius 3 is 2.34 bits per heavy atom. The van der Waals surface area contributed by atoms with Gasteiger partial charge in [-0.15, -0.1) is 0 Å². The fourth-order valence-electron chi connectivity index (χ4n) is 4.26. The SMILES string of the molecule is O=C(c1ccc(C(F)(F)F)cc1C(F)(F)F)N1CCN2[C@@H](COC[C@@H]2C2CC2)C1. The number of benzene rings is 1. The minimum atomic E-state index is -5.07. The first kappa shape index (κ1) is 20.5. The number of morpholine rings is 1. The number of halogens is 6. The van der Waals surface area contributed by atoms with Gasteiger partial charge in [0.05, 0.1) is 35.9 Å². The summed E-state index contributed by atoms with van der Waals surface area (Å²) in [7, 11) is 0. The van der Waals surface area contributed by atoms with Gasteiger partial charge in [-0.2, -0.15) is 26.3 Å². The lowest BCUT2D eigenvalue weighted by atomic mass is 9.99. The first-order valence-electron chi connectivity index (χ1n) is 9.47. The summed E-state index contributed by atoms with van der Waals surface area (Å²) in [6.45, 7) is 1.94. The highest BCUT2D eigenvalue weighted by molar-refractivity contribution is 5.96. The largest absolute Gasteiger partial charge is 0.417 e. The van der Waals surface area contributed by atoms with E-state index in [0.717, 1.165) is 12.8 Å². The van der Waals surface area contributed by atoms with Gasteiger partial charge in [0.2, 0.25) is 0 Å². The molecule has 1 aromatic rings. The third kappa shape index (κ3) is 4.09. The van der Waals surface area contributed by atoms with Gasteiger partial charge in [-0.25, -0.2) is 0 Å².